The maximum Gasteiger partial charge on any atom is 0.256 e. The molecule has 3 aromatic rings. The molecule has 0 bridgehead atoms. The first-order chi connectivity index (χ1) is 12.9. The third kappa shape index (κ3) is 4.39. The molecule has 8 nitrogen and oxygen atoms in total. The van der Waals surface area contributed by atoms with E-state index in [2.05, 4.69) is 15.4 Å². The van der Waals surface area contributed by atoms with Crippen LogP contribution in [0.1, 0.15) is 15.9 Å². The number of rotatable bonds is 6. The number of amides is 1. The van der Waals surface area contributed by atoms with Crippen LogP contribution in [0.15, 0.2) is 66.0 Å². The standard InChI is InChI=1S/C18H19N5O3S/c1-22(2)27(25,26)16-7-3-6-15(11-16)18(24)20-17-8-10-23(21-17)13-14-5-4-9-19-12-14/h3-12H,13H2,1-2H3,(H,20,21,24). The molecule has 1 N–H and O–H groups in total. The van der Waals surface area contributed by atoms with Gasteiger partial charge in [0.15, 0.2) is 5.82 Å². The molecule has 1 amide bonds. The number of carbonyl (C=O) groups is 1. The maximum absolute atomic E-state index is 12.5. The van der Waals surface area contributed by atoms with Crippen LogP contribution in [0.25, 0.3) is 0 Å². The van der Waals surface area contributed by atoms with Crippen molar-refractivity contribution in [2.45, 2.75) is 11.4 Å². The van der Waals surface area contributed by atoms with Crippen molar-refractivity contribution in [2.75, 3.05) is 19.4 Å². The van der Waals surface area contributed by atoms with Crippen LogP contribution in [-0.4, -0.2) is 47.5 Å². The summed E-state index contributed by atoms with van der Waals surface area (Å²) in [5, 5.41) is 6.98. The minimum atomic E-state index is -3.61. The lowest BCUT2D eigenvalue weighted by molar-refractivity contribution is 0.102. The van der Waals surface area contributed by atoms with E-state index in [1.165, 1.54) is 32.3 Å². The molecule has 0 fully saturated rings. The van der Waals surface area contributed by atoms with Crippen molar-refractivity contribution >= 4 is 21.7 Å². The molecule has 0 radical (unpaired) electrons. The van der Waals surface area contributed by atoms with Crippen molar-refractivity contribution in [1.82, 2.24) is 19.1 Å². The Labute approximate surface area is 157 Å². The van der Waals surface area contributed by atoms with Gasteiger partial charge in [-0.1, -0.05) is 12.1 Å². The number of carbonyl (C=O) groups excluding carboxylic acids is 1. The largest absolute Gasteiger partial charge is 0.305 e. The molecular weight excluding hydrogens is 366 g/mol. The molecule has 27 heavy (non-hydrogen) atoms. The molecule has 3 rings (SSSR count). The van der Waals surface area contributed by atoms with Crippen LogP contribution in [0, 0.1) is 0 Å². The fraction of sp³-hybridized carbons (Fsp3) is 0.167. The summed E-state index contributed by atoms with van der Waals surface area (Å²) in [5.41, 5.74) is 1.22. The van der Waals surface area contributed by atoms with Crippen molar-refractivity contribution in [2.24, 2.45) is 0 Å². The molecule has 2 heterocycles. The fourth-order valence-corrected chi connectivity index (χ4v) is 3.34. The number of nitrogens with zero attached hydrogens (tertiary/aromatic N) is 4. The van der Waals surface area contributed by atoms with E-state index in [4.69, 9.17) is 0 Å². The predicted octanol–water partition coefficient (Wildman–Crippen LogP) is 1.83. The third-order valence-corrected chi connectivity index (χ3v) is 5.64. The van der Waals surface area contributed by atoms with E-state index in [0.29, 0.717) is 12.4 Å². The number of pyridine rings is 1. The molecule has 2 aromatic heterocycles. The van der Waals surface area contributed by atoms with Gasteiger partial charge in [0.25, 0.3) is 5.91 Å². The molecule has 0 aliphatic heterocycles. The van der Waals surface area contributed by atoms with Gasteiger partial charge >= 0.3 is 0 Å². The number of anilines is 1. The van der Waals surface area contributed by atoms with Gasteiger partial charge in [-0.15, -0.1) is 0 Å². The quantitative estimate of drug-likeness (QED) is 0.698. The second kappa shape index (κ2) is 7.68. The first-order valence-corrected chi connectivity index (χ1v) is 9.56. The van der Waals surface area contributed by atoms with Gasteiger partial charge < -0.3 is 5.32 Å². The number of benzene rings is 1. The molecule has 0 saturated carbocycles. The Balaban J connectivity index is 1.73. The van der Waals surface area contributed by atoms with E-state index in [-0.39, 0.29) is 10.5 Å². The van der Waals surface area contributed by atoms with Gasteiger partial charge in [0.2, 0.25) is 10.0 Å². The van der Waals surface area contributed by atoms with Crippen molar-refractivity contribution in [3.05, 3.63) is 72.2 Å². The molecule has 0 unspecified atom stereocenters. The van der Waals surface area contributed by atoms with Crippen LogP contribution < -0.4 is 5.32 Å². The second-order valence-corrected chi connectivity index (χ2v) is 8.18. The van der Waals surface area contributed by atoms with E-state index in [1.54, 1.807) is 35.4 Å². The smallest absolute Gasteiger partial charge is 0.256 e. The Kier molecular flexibility index (Phi) is 5.33. The van der Waals surface area contributed by atoms with Crippen LogP contribution in [0.5, 0.6) is 0 Å². The highest BCUT2D eigenvalue weighted by atomic mass is 32.2. The normalized spacial score (nSPS) is 11.5. The summed E-state index contributed by atoms with van der Waals surface area (Å²) in [7, 11) is -0.726. The van der Waals surface area contributed by atoms with Crippen LogP contribution in [0.4, 0.5) is 5.82 Å². The lowest BCUT2D eigenvalue weighted by atomic mass is 10.2. The summed E-state index contributed by atoms with van der Waals surface area (Å²) in [6.07, 6.45) is 5.19. The summed E-state index contributed by atoms with van der Waals surface area (Å²) >= 11 is 0. The Hall–Kier alpha value is -3.04. The van der Waals surface area contributed by atoms with Crippen LogP contribution >= 0.6 is 0 Å². The predicted molar refractivity (Wildman–Crippen MR) is 101 cm³/mol. The molecule has 0 saturated heterocycles. The van der Waals surface area contributed by atoms with Crippen LogP contribution in [-0.2, 0) is 16.6 Å². The summed E-state index contributed by atoms with van der Waals surface area (Å²) in [6.45, 7) is 0.528. The zero-order chi connectivity index (χ0) is 19.4. The molecule has 0 aliphatic rings. The highest BCUT2D eigenvalue weighted by Crippen LogP contribution is 2.16. The minimum absolute atomic E-state index is 0.0576. The van der Waals surface area contributed by atoms with E-state index >= 15 is 0 Å². The molecule has 140 valence electrons. The summed E-state index contributed by atoms with van der Waals surface area (Å²) < 4.78 is 27.2. The molecule has 9 heteroatoms. The SMILES string of the molecule is CN(C)S(=O)(=O)c1cccc(C(=O)Nc2ccn(Cc3cccnc3)n2)c1. The third-order valence-electron chi connectivity index (χ3n) is 3.82. The van der Waals surface area contributed by atoms with E-state index < -0.39 is 15.9 Å². The zero-order valence-corrected chi connectivity index (χ0v) is 15.7. The topological polar surface area (TPSA) is 97.2 Å². The zero-order valence-electron chi connectivity index (χ0n) is 14.9. The summed E-state index contributed by atoms with van der Waals surface area (Å²) in [4.78, 5) is 16.6. The van der Waals surface area contributed by atoms with Gasteiger partial charge in [0.05, 0.1) is 11.4 Å². The van der Waals surface area contributed by atoms with Gasteiger partial charge in [-0.2, -0.15) is 5.10 Å². The first kappa shape index (κ1) is 18.7. The fourth-order valence-electron chi connectivity index (χ4n) is 2.39. The van der Waals surface area contributed by atoms with Gasteiger partial charge in [-0.3, -0.25) is 14.5 Å². The Morgan fingerprint density at radius 3 is 2.70 bits per heavy atom. The second-order valence-electron chi connectivity index (χ2n) is 6.03. The van der Waals surface area contributed by atoms with Crippen molar-refractivity contribution in [1.29, 1.82) is 0 Å². The molecule has 0 aliphatic carbocycles. The minimum Gasteiger partial charge on any atom is -0.305 e. The van der Waals surface area contributed by atoms with E-state index in [0.717, 1.165) is 9.87 Å². The van der Waals surface area contributed by atoms with Gasteiger partial charge in [-0.25, -0.2) is 12.7 Å². The van der Waals surface area contributed by atoms with Crippen LogP contribution in [0.2, 0.25) is 0 Å². The van der Waals surface area contributed by atoms with Crippen molar-refractivity contribution in [3.8, 4) is 0 Å². The van der Waals surface area contributed by atoms with Crippen LogP contribution in [0.3, 0.4) is 0 Å². The number of aromatic nitrogens is 3. The van der Waals surface area contributed by atoms with E-state index in [1.807, 2.05) is 12.1 Å². The lowest BCUT2D eigenvalue weighted by Gasteiger charge is -2.12. The molecule has 0 spiro atoms. The van der Waals surface area contributed by atoms with Gasteiger partial charge in [0, 0.05) is 44.3 Å². The monoisotopic (exact) mass is 385 g/mol. The summed E-state index contributed by atoms with van der Waals surface area (Å²) in [6, 6.07) is 11.3. The Morgan fingerprint density at radius 1 is 1.19 bits per heavy atom. The summed E-state index contributed by atoms with van der Waals surface area (Å²) in [5.74, 6) is -0.0535. The molecule has 0 atom stereocenters. The number of hydrogen-bond donors (Lipinski definition) is 1. The van der Waals surface area contributed by atoms with Gasteiger partial charge in [-0.05, 0) is 29.8 Å². The van der Waals surface area contributed by atoms with Gasteiger partial charge in [0.1, 0.15) is 0 Å². The maximum atomic E-state index is 12.5. The van der Waals surface area contributed by atoms with E-state index in [9.17, 15) is 13.2 Å². The first-order valence-electron chi connectivity index (χ1n) is 8.12. The van der Waals surface area contributed by atoms with Crippen molar-refractivity contribution < 1.29 is 13.2 Å². The molecule has 1 aromatic carbocycles. The number of nitrogens with one attached hydrogen (secondary N) is 1. The average molecular weight is 385 g/mol. The van der Waals surface area contributed by atoms with Crippen molar-refractivity contribution in [3.63, 3.8) is 0 Å². The number of sulfonamides is 1. The highest BCUT2D eigenvalue weighted by Gasteiger charge is 2.19. The average Bonchev–Trinajstić information content (AvgIpc) is 3.09. The molecular formula is C18H19N5O3S. The lowest BCUT2D eigenvalue weighted by Crippen LogP contribution is -2.22. The Morgan fingerprint density at radius 2 is 2.00 bits per heavy atom. The highest BCUT2D eigenvalue weighted by molar-refractivity contribution is 7.89. The number of hydrogen-bond acceptors (Lipinski definition) is 5. The Bertz CT molecular complexity index is 1050.